The van der Waals surface area contributed by atoms with Crippen molar-refractivity contribution in [1.29, 1.82) is 0 Å². The summed E-state index contributed by atoms with van der Waals surface area (Å²) in [5.74, 6) is 0.153. The van der Waals surface area contributed by atoms with Gasteiger partial charge in [-0.2, -0.15) is 0 Å². The lowest BCUT2D eigenvalue weighted by Crippen LogP contribution is -2.44. The Labute approximate surface area is 120 Å². The molecule has 1 aliphatic heterocycles. The van der Waals surface area contributed by atoms with E-state index in [1.165, 1.54) is 19.3 Å². The van der Waals surface area contributed by atoms with Crippen LogP contribution >= 0.6 is 0 Å². The third kappa shape index (κ3) is 3.73. The van der Waals surface area contributed by atoms with Gasteiger partial charge in [-0.1, -0.05) is 6.42 Å². The molecule has 1 atom stereocenters. The number of carbonyl (C=O) groups excluding carboxylic acids is 1. The van der Waals surface area contributed by atoms with E-state index >= 15 is 0 Å². The molecule has 1 amide bonds. The number of amides is 1. The molecule has 0 aliphatic carbocycles. The fraction of sp³-hybridized carbons (Fsp3) is 0.562. The maximum absolute atomic E-state index is 12.1. The Morgan fingerprint density at radius 2 is 2.05 bits per heavy atom. The molecule has 0 radical (unpaired) electrons. The van der Waals surface area contributed by atoms with Gasteiger partial charge in [0.2, 0.25) is 0 Å². The average Bonchev–Trinajstić information content (AvgIpc) is 2.48. The highest BCUT2D eigenvalue weighted by atomic mass is 16.3. The predicted octanol–water partition coefficient (Wildman–Crippen LogP) is 2.30. The molecule has 1 unspecified atom stereocenters. The fourth-order valence-corrected chi connectivity index (χ4v) is 2.63. The van der Waals surface area contributed by atoms with Gasteiger partial charge in [-0.15, -0.1) is 0 Å². The number of hydrogen-bond donors (Lipinski definition) is 2. The van der Waals surface area contributed by atoms with Crippen LogP contribution in [0.25, 0.3) is 0 Å². The summed E-state index contributed by atoms with van der Waals surface area (Å²) in [6, 6.07) is 5.31. The van der Waals surface area contributed by atoms with E-state index in [1.807, 2.05) is 0 Å². The summed E-state index contributed by atoms with van der Waals surface area (Å²) in [6.45, 7) is 6.89. The van der Waals surface area contributed by atoms with Crippen LogP contribution < -0.4 is 5.32 Å². The number of nitrogens with one attached hydrogen (secondary N) is 1. The van der Waals surface area contributed by atoms with E-state index in [1.54, 1.807) is 25.1 Å². The molecule has 1 aromatic rings. The number of hydrogen-bond acceptors (Lipinski definition) is 3. The molecule has 4 nitrogen and oxygen atoms in total. The maximum atomic E-state index is 12.1. The van der Waals surface area contributed by atoms with Gasteiger partial charge in [0.05, 0.1) is 0 Å². The molecule has 0 aromatic heterocycles. The zero-order valence-electron chi connectivity index (χ0n) is 12.4. The molecule has 1 aromatic carbocycles. The molecular formula is C16H24N2O2. The third-order valence-electron chi connectivity index (χ3n) is 4.03. The largest absolute Gasteiger partial charge is 0.508 e. The van der Waals surface area contributed by atoms with Crippen LogP contribution in [0.1, 0.15) is 42.1 Å². The van der Waals surface area contributed by atoms with Crippen molar-refractivity contribution in [1.82, 2.24) is 10.2 Å². The summed E-state index contributed by atoms with van der Waals surface area (Å²) >= 11 is 0. The molecule has 20 heavy (non-hydrogen) atoms. The lowest BCUT2D eigenvalue weighted by molar-refractivity contribution is 0.0930. The number of phenols is 1. The molecular weight excluding hydrogens is 252 g/mol. The SMILES string of the molecule is Cc1cc(C(=O)NCC(C)N2CCCCC2)ccc1O. The number of benzene rings is 1. The quantitative estimate of drug-likeness (QED) is 0.887. The van der Waals surface area contributed by atoms with Gasteiger partial charge in [-0.25, -0.2) is 0 Å². The molecule has 4 heteroatoms. The smallest absolute Gasteiger partial charge is 0.251 e. The lowest BCUT2D eigenvalue weighted by atomic mass is 10.1. The van der Waals surface area contributed by atoms with E-state index in [9.17, 15) is 9.90 Å². The zero-order chi connectivity index (χ0) is 14.5. The Kier molecular flexibility index (Phi) is 5.01. The molecule has 110 valence electrons. The number of nitrogens with zero attached hydrogens (tertiary/aromatic N) is 1. The second-order valence-electron chi connectivity index (χ2n) is 5.66. The lowest BCUT2D eigenvalue weighted by Gasteiger charge is -2.32. The number of carbonyl (C=O) groups is 1. The Bertz CT molecular complexity index is 468. The number of piperidine rings is 1. The van der Waals surface area contributed by atoms with Gasteiger partial charge in [0.25, 0.3) is 5.91 Å². The topological polar surface area (TPSA) is 52.6 Å². The Morgan fingerprint density at radius 1 is 1.35 bits per heavy atom. The minimum atomic E-state index is -0.0723. The Balaban J connectivity index is 1.86. The molecule has 0 spiro atoms. The van der Waals surface area contributed by atoms with E-state index < -0.39 is 0 Å². The van der Waals surface area contributed by atoms with E-state index in [-0.39, 0.29) is 11.7 Å². The minimum absolute atomic E-state index is 0.0723. The summed E-state index contributed by atoms with van der Waals surface area (Å²) in [5, 5.41) is 12.5. The molecule has 1 aliphatic rings. The van der Waals surface area contributed by atoms with Crippen molar-refractivity contribution in [2.24, 2.45) is 0 Å². The van der Waals surface area contributed by atoms with Gasteiger partial charge >= 0.3 is 0 Å². The van der Waals surface area contributed by atoms with E-state index in [4.69, 9.17) is 0 Å². The summed E-state index contributed by atoms with van der Waals surface area (Å²) in [5.41, 5.74) is 1.33. The first-order chi connectivity index (χ1) is 9.58. The number of aryl methyl sites for hydroxylation is 1. The van der Waals surface area contributed by atoms with Crippen LogP contribution in [0.3, 0.4) is 0 Å². The number of likely N-dealkylation sites (tertiary alicyclic amines) is 1. The first-order valence-corrected chi connectivity index (χ1v) is 7.40. The predicted molar refractivity (Wildman–Crippen MR) is 80.1 cm³/mol. The molecule has 1 saturated heterocycles. The summed E-state index contributed by atoms with van der Waals surface area (Å²) < 4.78 is 0. The summed E-state index contributed by atoms with van der Waals surface area (Å²) in [7, 11) is 0. The van der Waals surface area contributed by atoms with Crippen LogP contribution in [0.2, 0.25) is 0 Å². The first-order valence-electron chi connectivity index (χ1n) is 7.40. The second kappa shape index (κ2) is 6.75. The molecule has 0 saturated carbocycles. The van der Waals surface area contributed by atoms with Gasteiger partial charge in [0.1, 0.15) is 5.75 Å². The number of phenolic OH excluding ortho intramolecular Hbond substituents is 1. The average molecular weight is 276 g/mol. The van der Waals surface area contributed by atoms with Gasteiger partial charge in [0.15, 0.2) is 0 Å². The summed E-state index contributed by atoms with van der Waals surface area (Å²) in [4.78, 5) is 14.5. The Hall–Kier alpha value is -1.55. The van der Waals surface area contributed by atoms with E-state index in [2.05, 4.69) is 17.1 Å². The van der Waals surface area contributed by atoms with Crippen LogP contribution in [0.5, 0.6) is 5.75 Å². The van der Waals surface area contributed by atoms with Crippen LogP contribution in [0.15, 0.2) is 18.2 Å². The van der Waals surface area contributed by atoms with Crippen LogP contribution in [-0.4, -0.2) is 41.6 Å². The van der Waals surface area contributed by atoms with Crippen molar-refractivity contribution >= 4 is 5.91 Å². The van der Waals surface area contributed by atoms with Crippen molar-refractivity contribution < 1.29 is 9.90 Å². The third-order valence-corrected chi connectivity index (χ3v) is 4.03. The van der Waals surface area contributed by atoms with Crippen molar-refractivity contribution in [2.75, 3.05) is 19.6 Å². The number of rotatable bonds is 4. The van der Waals surface area contributed by atoms with Crippen LogP contribution in [0, 0.1) is 6.92 Å². The fourth-order valence-electron chi connectivity index (χ4n) is 2.63. The van der Waals surface area contributed by atoms with Gasteiger partial charge in [-0.05, 0) is 63.5 Å². The molecule has 1 fully saturated rings. The zero-order valence-corrected chi connectivity index (χ0v) is 12.4. The van der Waals surface area contributed by atoms with E-state index in [0.717, 1.165) is 18.7 Å². The highest BCUT2D eigenvalue weighted by molar-refractivity contribution is 5.94. The highest BCUT2D eigenvalue weighted by Gasteiger charge is 2.17. The van der Waals surface area contributed by atoms with Crippen LogP contribution in [-0.2, 0) is 0 Å². The first kappa shape index (κ1) is 14.9. The normalized spacial score (nSPS) is 17.7. The standard InChI is InChI=1S/C16H24N2O2/c1-12-10-14(6-7-15(12)19)16(20)17-11-13(2)18-8-4-3-5-9-18/h6-7,10,13,19H,3-5,8-9,11H2,1-2H3,(H,17,20). The second-order valence-corrected chi connectivity index (χ2v) is 5.66. The van der Waals surface area contributed by atoms with Crippen molar-refractivity contribution in [3.63, 3.8) is 0 Å². The van der Waals surface area contributed by atoms with Gasteiger partial charge in [-0.3, -0.25) is 9.69 Å². The molecule has 2 rings (SSSR count). The maximum Gasteiger partial charge on any atom is 0.251 e. The van der Waals surface area contributed by atoms with Gasteiger partial charge < -0.3 is 10.4 Å². The van der Waals surface area contributed by atoms with Crippen molar-refractivity contribution in [3.05, 3.63) is 29.3 Å². The summed E-state index contributed by atoms with van der Waals surface area (Å²) in [6.07, 6.45) is 3.84. The van der Waals surface area contributed by atoms with Crippen LogP contribution in [0.4, 0.5) is 0 Å². The Morgan fingerprint density at radius 3 is 2.70 bits per heavy atom. The van der Waals surface area contributed by atoms with Crippen molar-refractivity contribution in [2.45, 2.75) is 39.2 Å². The molecule has 2 N–H and O–H groups in total. The minimum Gasteiger partial charge on any atom is -0.508 e. The van der Waals surface area contributed by atoms with Gasteiger partial charge in [0, 0.05) is 18.2 Å². The molecule has 1 heterocycles. The van der Waals surface area contributed by atoms with Crippen molar-refractivity contribution in [3.8, 4) is 5.75 Å². The monoisotopic (exact) mass is 276 g/mol. The van der Waals surface area contributed by atoms with E-state index in [0.29, 0.717) is 18.2 Å². The highest BCUT2D eigenvalue weighted by Crippen LogP contribution is 2.17. The molecule has 0 bridgehead atoms. The number of aromatic hydroxyl groups is 1.